The molecule has 16 heavy (non-hydrogen) atoms. The first-order chi connectivity index (χ1) is 7.77. The number of rotatable bonds is 3. The van der Waals surface area contributed by atoms with Crippen LogP contribution in [0.15, 0.2) is 18.2 Å². The summed E-state index contributed by atoms with van der Waals surface area (Å²) in [5.74, 6) is 2.02. The molecule has 2 rings (SSSR count). The molecule has 1 aromatic rings. The van der Waals surface area contributed by atoms with E-state index in [1.165, 1.54) is 24.8 Å². The van der Waals surface area contributed by atoms with E-state index >= 15 is 0 Å². The van der Waals surface area contributed by atoms with E-state index in [1.54, 1.807) is 7.11 Å². The quantitative estimate of drug-likeness (QED) is 0.727. The fourth-order valence-corrected chi connectivity index (χ4v) is 2.80. The van der Waals surface area contributed by atoms with Crippen molar-refractivity contribution in [3.63, 3.8) is 0 Å². The van der Waals surface area contributed by atoms with Gasteiger partial charge in [-0.15, -0.1) is 0 Å². The zero-order chi connectivity index (χ0) is 11.5. The highest BCUT2D eigenvalue weighted by molar-refractivity contribution is 5.80. The van der Waals surface area contributed by atoms with Gasteiger partial charge in [0, 0.05) is 0 Å². The van der Waals surface area contributed by atoms with Crippen molar-refractivity contribution in [2.75, 3.05) is 7.11 Å². The van der Waals surface area contributed by atoms with Gasteiger partial charge in [-0.25, -0.2) is 0 Å². The topological polar surface area (TPSA) is 26.3 Å². The van der Waals surface area contributed by atoms with E-state index in [0.717, 1.165) is 12.0 Å². The second-order valence-corrected chi connectivity index (χ2v) is 4.60. The number of para-hydroxylation sites is 1. The molecule has 1 aliphatic rings. The van der Waals surface area contributed by atoms with Crippen molar-refractivity contribution < 1.29 is 9.53 Å². The van der Waals surface area contributed by atoms with Crippen LogP contribution >= 0.6 is 0 Å². The minimum absolute atomic E-state index is 0.551. The maximum absolute atomic E-state index is 11.0. The molecule has 2 unspecified atom stereocenters. The first kappa shape index (κ1) is 11.2. The molecule has 0 radical (unpaired) electrons. The Morgan fingerprint density at radius 3 is 2.75 bits per heavy atom. The lowest BCUT2D eigenvalue weighted by Crippen LogP contribution is -2.05. The molecule has 0 bridgehead atoms. The Hall–Kier alpha value is -1.31. The summed E-state index contributed by atoms with van der Waals surface area (Å²) < 4.78 is 5.40. The number of hydrogen-bond donors (Lipinski definition) is 0. The van der Waals surface area contributed by atoms with E-state index < -0.39 is 0 Å². The molecule has 2 heteroatoms. The minimum atomic E-state index is 0.551. The van der Waals surface area contributed by atoms with Gasteiger partial charge in [0.15, 0.2) is 6.29 Å². The summed E-state index contributed by atoms with van der Waals surface area (Å²) in [6.07, 6.45) is 4.64. The number of benzene rings is 1. The highest BCUT2D eigenvalue weighted by Crippen LogP contribution is 2.43. The van der Waals surface area contributed by atoms with Crippen LogP contribution in [0.25, 0.3) is 0 Å². The molecule has 0 saturated heterocycles. The predicted molar refractivity (Wildman–Crippen MR) is 64.1 cm³/mol. The molecular weight excluding hydrogens is 200 g/mol. The van der Waals surface area contributed by atoms with E-state index in [4.69, 9.17) is 4.74 Å². The fraction of sp³-hybridized carbons (Fsp3) is 0.500. The molecule has 0 amide bonds. The van der Waals surface area contributed by atoms with E-state index in [2.05, 4.69) is 13.0 Å². The van der Waals surface area contributed by atoms with Crippen molar-refractivity contribution in [3.05, 3.63) is 29.3 Å². The first-order valence-corrected chi connectivity index (χ1v) is 5.90. The Kier molecular flexibility index (Phi) is 3.28. The van der Waals surface area contributed by atoms with Gasteiger partial charge in [-0.05, 0) is 29.9 Å². The van der Waals surface area contributed by atoms with Crippen LogP contribution in [0.3, 0.4) is 0 Å². The molecule has 0 N–H and O–H groups in total. The van der Waals surface area contributed by atoms with Gasteiger partial charge in [0.1, 0.15) is 5.75 Å². The van der Waals surface area contributed by atoms with E-state index in [9.17, 15) is 4.79 Å². The van der Waals surface area contributed by atoms with E-state index in [0.29, 0.717) is 17.4 Å². The smallest absolute Gasteiger partial charge is 0.153 e. The summed E-state index contributed by atoms with van der Waals surface area (Å²) in [5, 5.41) is 0. The van der Waals surface area contributed by atoms with Gasteiger partial charge in [-0.3, -0.25) is 4.79 Å². The molecule has 0 aliphatic heterocycles. The van der Waals surface area contributed by atoms with Crippen LogP contribution in [0.4, 0.5) is 0 Å². The highest BCUT2D eigenvalue weighted by Gasteiger charge is 2.27. The predicted octanol–water partition coefficient (Wildman–Crippen LogP) is 3.41. The number of ether oxygens (including phenoxy) is 1. The molecule has 0 spiro atoms. The number of hydrogen-bond acceptors (Lipinski definition) is 2. The van der Waals surface area contributed by atoms with Crippen molar-refractivity contribution in [2.45, 2.75) is 32.1 Å². The van der Waals surface area contributed by atoms with Crippen LogP contribution in [0, 0.1) is 5.92 Å². The Morgan fingerprint density at radius 1 is 1.38 bits per heavy atom. The van der Waals surface area contributed by atoms with Gasteiger partial charge in [0.2, 0.25) is 0 Å². The first-order valence-electron chi connectivity index (χ1n) is 5.90. The van der Waals surface area contributed by atoms with E-state index in [1.807, 2.05) is 12.1 Å². The molecule has 1 saturated carbocycles. The lowest BCUT2D eigenvalue weighted by molar-refractivity contribution is 0.112. The largest absolute Gasteiger partial charge is 0.496 e. The van der Waals surface area contributed by atoms with Crippen molar-refractivity contribution in [2.24, 2.45) is 5.92 Å². The summed E-state index contributed by atoms with van der Waals surface area (Å²) in [7, 11) is 1.64. The van der Waals surface area contributed by atoms with Crippen LogP contribution in [0.5, 0.6) is 5.75 Å². The number of aldehydes is 1. The average molecular weight is 218 g/mol. The number of carbonyl (C=O) groups is 1. The Balaban J connectivity index is 2.43. The average Bonchev–Trinajstić information content (AvgIpc) is 2.74. The van der Waals surface area contributed by atoms with Crippen molar-refractivity contribution in [3.8, 4) is 5.75 Å². The maximum atomic E-state index is 11.0. The van der Waals surface area contributed by atoms with E-state index in [-0.39, 0.29) is 0 Å². The Morgan fingerprint density at radius 2 is 2.19 bits per heavy atom. The van der Waals surface area contributed by atoms with Gasteiger partial charge in [0.05, 0.1) is 12.7 Å². The normalized spacial score (nSPS) is 24.4. The maximum Gasteiger partial charge on any atom is 0.153 e. The molecule has 0 aromatic heterocycles. The highest BCUT2D eigenvalue weighted by atomic mass is 16.5. The second-order valence-electron chi connectivity index (χ2n) is 4.60. The van der Waals surface area contributed by atoms with Gasteiger partial charge in [-0.2, -0.15) is 0 Å². The molecule has 86 valence electrons. The zero-order valence-corrected chi connectivity index (χ0v) is 9.90. The summed E-state index contributed by atoms with van der Waals surface area (Å²) >= 11 is 0. The monoisotopic (exact) mass is 218 g/mol. The molecule has 1 aromatic carbocycles. The molecule has 1 aliphatic carbocycles. The molecule has 2 atom stereocenters. The molecule has 1 fully saturated rings. The number of methoxy groups -OCH3 is 1. The third-order valence-corrected chi connectivity index (χ3v) is 3.67. The summed E-state index contributed by atoms with van der Waals surface area (Å²) in [4.78, 5) is 11.0. The molecular formula is C14H18O2. The summed E-state index contributed by atoms with van der Waals surface area (Å²) in [6.45, 7) is 2.28. The molecule has 0 heterocycles. The van der Waals surface area contributed by atoms with Gasteiger partial charge < -0.3 is 4.74 Å². The second kappa shape index (κ2) is 4.69. The Bertz CT molecular complexity index is 384. The van der Waals surface area contributed by atoms with Crippen LogP contribution in [-0.4, -0.2) is 13.4 Å². The van der Waals surface area contributed by atoms with Crippen molar-refractivity contribution >= 4 is 6.29 Å². The lowest BCUT2D eigenvalue weighted by atomic mass is 9.88. The van der Waals surface area contributed by atoms with Crippen LogP contribution < -0.4 is 4.74 Å². The lowest BCUT2D eigenvalue weighted by Gasteiger charge is -2.19. The zero-order valence-electron chi connectivity index (χ0n) is 9.90. The third-order valence-electron chi connectivity index (χ3n) is 3.67. The van der Waals surface area contributed by atoms with Crippen molar-refractivity contribution in [1.82, 2.24) is 0 Å². The summed E-state index contributed by atoms with van der Waals surface area (Å²) in [6, 6.07) is 5.86. The minimum Gasteiger partial charge on any atom is -0.496 e. The molecule has 2 nitrogen and oxygen atoms in total. The SMILES string of the molecule is COc1c(C=O)cccc1C1CCCC1C. The van der Waals surface area contributed by atoms with Crippen LogP contribution in [0.2, 0.25) is 0 Å². The van der Waals surface area contributed by atoms with Gasteiger partial charge in [-0.1, -0.05) is 31.9 Å². The standard InChI is InChI=1S/C14H18O2/c1-10-5-3-7-12(10)13-8-4-6-11(9-15)14(13)16-2/h4,6,8-10,12H,3,5,7H2,1-2H3. The Labute approximate surface area is 96.6 Å². The number of carbonyl (C=O) groups excluding carboxylic acids is 1. The van der Waals surface area contributed by atoms with Gasteiger partial charge in [0.25, 0.3) is 0 Å². The van der Waals surface area contributed by atoms with Crippen molar-refractivity contribution in [1.29, 1.82) is 0 Å². The van der Waals surface area contributed by atoms with Crippen LogP contribution in [-0.2, 0) is 0 Å². The summed E-state index contributed by atoms with van der Waals surface area (Å²) in [5.41, 5.74) is 1.87. The third kappa shape index (κ3) is 1.84. The van der Waals surface area contributed by atoms with Crippen LogP contribution in [0.1, 0.15) is 48.0 Å². The fourth-order valence-electron chi connectivity index (χ4n) is 2.80. The van der Waals surface area contributed by atoms with Gasteiger partial charge >= 0.3 is 0 Å².